The number of rotatable bonds is 3. The molecule has 8 nitrogen and oxygen atoms in total. The first-order valence-electron chi connectivity index (χ1n) is 6.88. The van der Waals surface area contributed by atoms with Crippen LogP contribution in [-0.2, 0) is 18.4 Å². The second-order valence-corrected chi connectivity index (χ2v) is 6.04. The Labute approximate surface area is 146 Å². The van der Waals surface area contributed by atoms with Crippen LogP contribution in [-0.4, -0.2) is 30.7 Å². The number of fused-ring (bicyclic) bond motifs is 1. The number of nitrogens with one attached hydrogen (secondary N) is 1. The minimum atomic E-state index is -0.483. The molecule has 24 heavy (non-hydrogen) atoms. The summed E-state index contributed by atoms with van der Waals surface area (Å²) in [7, 11) is 1.70. The van der Waals surface area contributed by atoms with Gasteiger partial charge in [-0.25, -0.2) is 0 Å². The van der Waals surface area contributed by atoms with Crippen molar-refractivity contribution in [3.05, 3.63) is 44.3 Å². The lowest BCUT2D eigenvalue weighted by atomic mass is 10.3. The third-order valence-electron chi connectivity index (χ3n) is 3.43. The molecule has 1 aromatic carbocycles. The lowest BCUT2D eigenvalue weighted by Gasteiger charge is -2.07. The molecule has 0 bridgehead atoms. The van der Waals surface area contributed by atoms with E-state index in [2.05, 4.69) is 20.7 Å². The summed E-state index contributed by atoms with van der Waals surface area (Å²) in [4.78, 5) is 24.5. The summed E-state index contributed by atoms with van der Waals surface area (Å²) in [5.74, 6) is -0.461. The molecule has 0 saturated carbocycles. The predicted octanol–water partition coefficient (Wildman–Crippen LogP) is 1.78. The quantitative estimate of drug-likeness (QED) is 0.762. The minimum Gasteiger partial charge on any atom is -0.324 e. The van der Waals surface area contributed by atoms with Crippen LogP contribution < -0.4 is 10.9 Å². The summed E-state index contributed by atoms with van der Waals surface area (Å²) in [6.45, 7) is 1.48. The number of aromatic nitrogens is 5. The molecule has 0 fully saturated rings. The Morgan fingerprint density at radius 2 is 1.88 bits per heavy atom. The van der Waals surface area contributed by atoms with Crippen molar-refractivity contribution in [1.82, 2.24) is 24.8 Å². The van der Waals surface area contributed by atoms with Crippen LogP contribution in [0.5, 0.6) is 0 Å². The van der Waals surface area contributed by atoms with Crippen LogP contribution in [0.1, 0.15) is 5.69 Å². The summed E-state index contributed by atoms with van der Waals surface area (Å²) in [5, 5.41) is 15.2. The van der Waals surface area contributed by atoms with Crippen LogP contribution in [0, 0.1) is 6.92 Å². The zero-order chi connectivity index (χ0) is 17.4. The van der Waals surface area contributed by atoms with Gasteiger partial charge >= 0.3 is 0 Å². The SMILES string of the molecule is Cc1c2nnn(CC(=O)Nc3cc(Cl)cc(Cl)c3)c(=O)c2nn1C. The highest BCUT2D eigenvalue weighted by Gasteiger charge is 2.15. The van der Waals surface area contributed by atoms with Gasteiger partial charge in [0.2, 0.25) is 5.91 Å². The maximum absolute atomic E-state index is 12.4. The topological polar surface area (TPSA) is 94.7 Å². The molecule has 0 aliphatic rings. The maximum atomic E-state index is 12.4. The highest BCUT2D eigenvalue weighted by molar-refractivity contribution is 6.35. The Bertz CT molecular complexity index is 990. The number of carbonyl (C=O) groups excluding carboxylic acids is 1. The van der Waals surface area contributed by atoms with Gasteiger partial charge in [0.05, 0.1) is 5.69 Å². The Morgan fingerprint density at radius 1 is 1.21 bits per heavy atom. The number of aryl methyl sites for hydroxylation is 2. The molecule has 0 radical (unpaired) electrons. The molecule has 10 heteroatoms. The smallest absolute Gasteiger partial charge is 0.298 e. The van der Waals surface area contributed by atoms with E-state index in [9.17, 15) is 9.59 Å². The van der Waals surface area contributed by atoms with E-state index in [4.69, 9.17) is 23.2 Å². The lowest BCUT2D eigenvalue weighted by molar-refractivity contribution is -0.117. The lowest BCUT2D eigenvalue weighted by Crippen LogP contribution is -2.30. The Hall–Kier alpha value is -2.45. The Morgan fingerprint density at radius 3 is 2.54 bits per heavy atom. The third kappa shape index (κ3) is 3.10. The van der Waals surface area contributed by atoms with E-state index in [1.165, 1.54) is 0 Å². The van der Waals surface area contributed by atoms with Crippen LogP contribution in [0.3, 0.4) is 0 Å². The van der Waals surface area contributed by atoms with E-state index >= 15 is 0 Å². The first-order valence-corrected chi connectivity index (χ1v) is 7.64. The monoisotopic (exact) mass is 366 g/mol. The second kappa shape index (κ2) is 6.21. The number of halogens is 2. The van der Waals surface area contributed by atoms with Gasteiger partial charge in [0, 0.05) is 22.8 Å². The van der Waals surface area contributed by atoms with Gasteiger partial charge in [0.25, 0.3) is 5.56 Å². The molecule has 3 aromatic rings. The number of hydrogen-bond acceptors (Lipinski definition) is 5. The summed E-state index contributed by atoms with van der Waals surface area (Å²) in [6, 6.07) is 4.64. The van der Waals surface area contributed by atoms with E-state index in [0.29, 0.717) is 21.2 Å². The van der Waals surface area contributed by atoms with Crippen molar-refractivity contribution in [2.45, 2.75) is 13.5 Å². The molecule has 0 unspecified atom stereocenters. The van der Waals surface area contributed by atoms with Crippen molar-refractivity contribution in [2.24, 2.45) is 7.05 Å². The van der Waals surface area contributed by atoms with Crippen molar-refractivity contribution < 1.29 is 4.79 Å². The molecular formula is C14H12Cl2N6O2. The maximum Gasteiger partial charge on any atom is 0.298 e. The van der Waals surface area contributed by atoms with E-state index < -0.39 is 11.5 Å². The van der Waals surface area contributed by atoms with Gasteiger partial charge in [-0.1, -0.05) is 28.4 Å². The molecule has 1 amide bonds. The number of amides is 1. The van der Waals surface area contributed by atoms with Crippen LogP contribution in [0.2, 0.25) is 10.0 Å². The van der Waals surface area contributed by atoms with E-state index in [-0.39, 0.29) is 12.1 Å². The number of carbonyl (C=O) groups is 1. The van der Waals surface area contributed by atoms with E-state index in [1.807, 2.05) is 0 Å². The molecule has 0 atom stereocenters. The first kappa shape index (κ1) is 16.4. The van der Waals surface area contributed by atoms with Crippen LogP contribution in [0.25, 0.3) is 11.0 Å². The summed E-state index contributed by atoms with van der Waals surface area (Å²) < 4.78 is 2.50. The molecule has 3 rings (SSSR count). The molecular weight excluding hydrogens is 355 g/mol. The van der Waals surface area contributed by atoms with Crippen molar-refractivity contribution in [1.29, 1.82) is 0 Å². The number of anilines is 1. The third-order valence-corrected chi connectivity index (χ3v) is 3.87. The zero-order valence-electron chi connectivity index (χ0n) is 12.7. The van der Waals surface area contributed by atoms with Gasteiger partial charge in [-0.3, -0.25) is 14.3 Å². The predicted molar refractivity (Wildman–Crippen MR) is 90.4 cm³/mol. The van der Waals surface area contributed by atoms with Gasteiger partial charge in [0.1, 0.15) is 12.1 Å². The van der Waals surface area contributed by atoms with E-state index in [0.717, 1.165) is 10.4 Å². The Balaban J connectivity index is 1.85. The fourth-order valence-electron chi connectivity index (χ4n) is 2.19. The van der Waals surface area contributed by atoms with Crippen molar-refractivity contribution >= 4 is 45.8 Å². The largest absolute Gasteiger partial charge is 0.324 e. The normalized spacial score (nSPS) is 11.0. The average molecular weight is 367 g/mol. The number of benzene rings is 1. The van der Waals surface area contributed by atoms with Gasteiger partial charge in [0.15, 0.2) is 5.52 Å². The van der Waals surface area contributed by atoms with E-state index in [1.54, 1.807) is 36.9 Å². The Kier molecular flexibility index (Phi) is 4.25. The highest BCUT2D eigenvalue weighted by atomic mass is 35.5. The van der Waals surface area contributed by atoms with Crippen LogP contribution in [0.4, 0.5) is 5.69 Å². The molecule has 0 aliphatic carbocycles. The highest BCUT2D eigenvalue weighted by Crippen LogP contribution is 2.22. The summed E-state index contributed by atoms with van der Waals surface area (Å²) >= 11 is 11.8. The summed E-state index contributed by atoms with van der Waals surface area (Å²) in [5.41, 5.74) is 1.25. The summed E-state index contributed by atoms with van der Waals surface area (Å²) in [6.07, 6.45) is 0. The molecule has 124 valence electrons. The van der Waals surface area contributed by atoms with Gasteiger partial charge in [-0.2, -0.15) is 9.78 Å². The number of hydrogen-bond donors (Lipinski definition) is 1. The minimum absolute atomic E-state index is 0.170. The average Bonchev–Trinajstić information content (AvgIpc) is 2.77. The molecule has 0 aliphatic heterocycles. The van der Waals surface area contributed by atoms with Crippen molar-refractivity contribution in [3.8, 4) is 0 Å². The molecule has 1 N–H and O–H groups in total. The van der Waals surface area contributed by atoms with Gasteiger partial charge < -0.3 is 5.32 Å². The molecule has 0 spiro atoms. The van der Waals surface area contributed by atoms with Crippen LogP contribution in [0.15, 0.2) is 23.0 Å². The zero-order valence-corrected chi connectivity index (χ0v) is 14.3. The fourth-order valence-corrected chi connectivity index (χ4v) is 2.71. The van der Waals surface area contributed by atoms with Gasteiger partial charge in [-0.05, 0) is 25.1 Å². The second-order valence-electron chi connectivity index (χ2n) is 5.16. The number of nitrogens with zero attached hydrogens (tertiary/aromatic N) is 5. The first-order chi connectivity index (χ1) is 11.3. The van der Waals surface area contributed by atoms with Crippen molar-refractivity contribution in [3.63, 3.8) is 0 Å². The fraction of sp³-hybridized carbons (Fsp3) is 0.214. The standard InChI is InChI=1S/C14H12Cl2N6O2/c1-7-12-13(19-21(7)2)14(24)22(20-18-12)6-11(23)17-10-4-8(15)3-9(16)5-10/h3-5H,6H2,1-2H3,(H,17,23). The molecule has 0 saturated heterocycles. The van der Waals surface area contributed by atoms with Crippen LogP contribution >= 0.6 is 23.2 Å². The molecule has 2 aromatic heterocycles. The van der Waals surface area contributed by atoms with Crippen molar-refractivity contribution in [2.75, 3.05) is 5.32 Å². The molecule has 2 heterocycles. The van der Waals surface area contributed by atoms with Gasteiger partial charge in [-0.15, -0.1) is 5.10 Å².